The molecule has 3 heteroatoms. The lowest BCUT2D eigenvalue weighted by molar-refractivity contribution is 0.244. The van der Waals surface area contributed by atoms with E-state index in [1.54, 1.807) is 0 Å². The molecule has 1 aromatic carbocycles. The van der Waals surface area contributed by atoms with Crippen LogP contribution in [0.4, 0.5) is 11.4 Å². The first-order valence-corrected chi connectivity index (χ1v) is 7.46. The van der Waals surface area contributed by atoms with Crippen molar-refractivity contribution in [3.05, 3.63) is 18.2 Å². The summed E-state index contributed by atoms with van der Waals surface area (Å²) in [5.41, 5.74) is 8.52. The van der Waals surface area contributed by atoms with Gasteiger partial charge in [0.1, 0.15) is 5.75 Å². The summed E-state index contributed by atoms with van der Waals surface area (Å²) < 4.78 is 5.72. The van der Waals surface area contributed by atoms with Crippen molar-refractivity contribution < 1.29 is 4.74 Å². The molecule has 0 spiro atoms. The van der Waals surface area contributed by atoms with Crippen LogP contribution >= 0.6 is 0 Å². The van der Waals surface area contributed by atoms with E-state index in [1.807, 2.05) is 32.0 Å². The number of ether oxygens (including phenoxy) is 1. The summed E-state index contributed by atoms with van der Waals surface area (Å²) in [5.74, 6) is 1.46. The maximum absolute atomic E-state index is 5.94. The normalized spacial score (nSPS) is 19.9. The van der Waals surface area contributed by atoms with Gasteiger partial charge in [-0.25, -0.2) is 0 Å². The van der Waals surface area contributed by atoms with E-state index in [-0.39, 0.29) is 6.10 Å². The first kappa shape index (κ1) is 15.0. The second kappa shape index (κ2) is 4.87. The largest absolute Gasteiger partial charge is 0.489 e. The van der Waals surface area contributed by atoms with Crippen LogP contribution in [-0.4, -0.2) is 12.6 Å². The SMILES string of the molecule is CC(C)Oc1cc(NCC2C(C)(C)C2(C)C)ccc1N. The van der Waals surface area contributed by atoms with Gasteiger partial charge in [-0.15, -0.1) is 0 Å². The van der Waals surface area contributed by atoms with Gasteiger partial charge in [0.25, 0.3) is 0 Å². The van der Waals surface area contributed by atoms with Crippen LogP contribution in [0, 0.1) is 16.7 Å². The lowest BCUT2D eigenvalue weighted by atomic mass is 10.0. The minimum atomic E-state index is 0.133. The third kappa shape index (κ3) is 2.58. The average Bonchev–Trinajstić information content (AvgIpc) is 2.70. The molecule has 0 aliphatic heterocycles. The molecule has 0 radical (unpaired) electrons. The lowest BCUT2D eigenvalue weighted by Crippen LogP contribution is -2.10. The highest BCUT2D eigenvalue weighted by Gasteiger charge is 2.63. The maximum Gasteiger partial charge on any atom is 0.144 e. The summed E-state index contributed by atoms with van der Waals surface area (Å²) in [5, 5.41) is 3.52. The Morgan fingerprint density at radius 1 is 1.20 bits per heavy atom. The van der Waals surface area contributed by atoms with Crippen molar-refractivity contribution in [1.82, 2.24) is 0 Å². The van der Waals surface area contributed by atoms with Gasteiger partial charge < -0.3 is 15.8 Å². The molecule has 1 aliphatic rings. The van der Waals surface area contributed by atoms with E-state index in [0.717, 1.165) is 18.0 Å². The summed E-state index contributed by atoms with van der Waals surface area (Å²) in [4.78, 5) is 0. The molecule has 0 unspecified atom stereocenters. The summed E-state index contributed by atoms with van der Waals surface area (Å²) in [6, 6.07) is 5.92. The van der Waals surface area contributed by atoms with Crippen molar-refractivity contribution in [2.24, 2.45) is 16.7 Å². The summed E-state index contributed by atoms with van der Waals surface area (Å²) >= 11 is 0. The van der Waals surface area contributed by atoms with Gasteiger partial charge in [0.2, 0.25) is 0 Å². The molecule has 0 amide bonds. The number of hydrogen-bond donors (Lipinski definition) is 2. The minimum absolute atomic E-state index is 0.133. The smallest absolute Gasteiger partial charge is 0.144 e. The second-order valence-electron chi connectivity index (χ2n) is 7.30. The van der Waals surface area contributed by atoms with Crippen LogP contribution in [0.3, 0.4) is 0 Å². The maximum atomic E-state index is 5.94. The zero-order chi connectivity index (χ0) is 15.1. The van der Waals surface area contributed by atoms with Gasteiger partial charge in [-0.1, -0.05) is 27.7 Å². The lowest BCUT2D eigenvalue weighted by Gasteiger charge is -2.14. The summed E-state index contributed by atoms with van der Waals surface area (Å²) in [7, 11) is 0. The molecule has 0 aromatic heterocycles. The predicted octanol–water partition coefficient (Wildman–Crippen LogP) is 4.15. The molecule has 20 heavy (non-hydrogen) atoms. The van der Waals surface area contributed by atoms with Crippen LogP contribution in [0.2, 0.25) is 0 Å². The number of nitrogens with one attached hydrogen (secondary N) is 1. The molecule has 0 bridgehead atoms. The van der Waals surface area contributed by atoms with Crippen molar-refractivity contribution in [2.75, 3.05) is 17.6 Å². The quantitative estimate of drug-likeness (QED) is 0.794. The third-order valence-corrected chi connectivity index (χ3v) is 5.21. The number of anilines is 2. The molecule has 112 valence electrons. The fraction of sp³-hybridized carbons (Fsp3) is 0.647. The highest BCUT2D eigenvalue weighted by Crippen LogP contribution is 2.68. The van der Waals surface area contributed by atoms with E-state index < -0.39 is 0 Å². The Kier molecular flexibility index (Phi) is 3.66. The Balaban J connectivity index is 2.01. The molecule has 0 atom stereocenters. The third-order valence-electron chi connectivity index (χ3n) is 5.21. The Morgan fingerprint density at radius 2 is 1.80 bits per heavy atom. The minimum Gasteiger partial charge on any atom is -0.489 e. The van der Waals surface area contributed by atoms with Crippen LogP contribution in [0.5, 0.6) is 5.75 Å². The molecule has 1 aromatic rings. The summed E-state index contributed by atoms with van der Waals surface area (Å²) in [6.07, 6.45) is 0.133. The number of hydrogen-bond acceptors (Lipinski definition) is 3. The Labute approximate surface area is 122 Å². The van der Waals surface area contributed by atoms with Crippen molar-refractivity contribution >= 4 is 11.4 Å². The van der Waals surface area contributed by atoms with Gasteiger partial charge >= 0.3 is 0 Å². The zero-order valence-corrected chi connectivity index (χ0v) is 13.6. The van der Waals surface area contributed by atoms with Gasteiger partial charge in [0.05, 0.1) is 11.8 Å². The van der Waals surface area contributed by atoms with E-state index >= 15 is 0 Å². The molecule has 2 rings (SSSR count). The Hall–Kier alpha value is -1.38. The van der Waals surface area contributed by atoms with Crippen molar-refractivity contribution in [2.45, 2.75) is 47.6 Å². The number of benzene rings is 1. The molecule has 0 heterocycles. The van der Waals surface area contributed by atoms with Crippen LogP contribution in [0.1, 0.15) is 41.5 Å². The molecule has 1 fully saturated rings. The number of rotatable bonds is 5. The fourth-order valence-electron chi connectivity index (χ4n) is 3.06. The van der Waals surface area contributed by atoms with E-state index in [2.05, 4.69) is 33.0 Å². The van der Waals surface area contributed by atoms with Crippen LogP contribution in [0.25, 0.3) is 0 Å². The van der Waals surface area contributed by atoms with E-state index in [4.69, 9.17) is 10.5 Å². The van der Waals surface area contributed by atoms with E-state index in [0.29, 0.717) is 22.4 Å². The van der Waals surface area contributed by atoms with Gasteiger partial charge in [0, 0.05) is 18.3 Å². The first-order valence-electron chi connectivity index (χ1n) is 7.46. The molecular formula is C17H28N2O. The predicted molar refractivity (Wildman–Crippen MR) is 86.2 cm³/mol. The highest BCUT2D eigenvalue weighted by atomic mass is 16.5. The topological polar surface area (TPSA) is 47.3 Å². The molecule has 0 saturated heterocycles. The zero-order valence-electron chi connectivity index (χ0n) is 13.6. The standard InChI is InChI=1S/C17H28N2O/c1-11(2)20-14-9-12(7-8-13(14)18)19-10-15-16(3,4)17(15,5)6/h7-9,11,15,19H,10,18H2,1-6H3. The van der Waals surface area contributed by atoms with E-state index in [9.17, 15) is 0 Å². The van der Waals surface area contributed by atoms with Crippen LogP contribution in [-0.2, 0) is 0 Å². The highest BCUT2D eigenvalue weighted by molar-refractivity contribution is 5.61. The van der Waals surface area contributed by atoms with Crippen molar-refractivity contribution in [3.8, 4) is 5.75 Å². The van der Waals surface area contributed by atoms with Gasteiger partial charge in [-0.05, 0) is 42.7 Å². The molecule has 3 N–H and O–H groups in total. The molecular weight excluding hydrogens is 248 g/mol. The number of nitrogens with two attached hydrogens (primary N) is 1. The van der Waals surface area contributed by atoms with Gasteiger partial charge in [-0.3, -0.25) is 0 Å². The van der Waals surface area contributed by atoms with Crippen molar-refractivity contribution in [3.63, 3.8) is 0 Å². The Morgan fingerprint density at radius 3 is 2.30 bits per heavy atom. The van der Waals surface area contributed by atoms with E-state index in [1.165, 1.54) is 0 Å². The second-order valence-corrected chi connectivity index (χ2v) is 7.30. The monoisotopic (exact) mass is 276 g/mol. The van der Waals surface area contributed by atoms with Crippen molar-refractivity contribution in [1.29, 1.82) is 0 Å². The molecule has 3 nitrogen and oxygen atoms in total. The van der Waals surface area contributed by atoms with Crippen LogP contribution < -0.4 is 15.8 Å². The Bertz CT molecular complexity index is 478. The van der Waals surface area contributed by atoms with Crippen LogP contribution in [0.15, 0.2) is 18.2 Å². The molecule has 1 saturated carbocycles. The molecule has 1 aliphatic carbocycles. The summed E-state index contributed by atoms with van der Waals surface area (Å²) in [6.45, 7) is 14.4. The van der Waals surface area contributed by atoms with Gasteiger partial charge in [0.15, 0.2) is 0 Å². The first-order chi connectivity index (χ1) is 9.16. The number of nitrogen functional groups attached to an aromatic ring is 1. The fourth-order valence-corrected chi connectivity index (χ4v) is 3.06. The average molecular weight is 276 g/mol. The van der Waals surface area contributed by atoms with Gasteiger partial charge in [-0.2, -0.15) is 0 Å².